The fourth-order valence-corrected chi connectivity index (χ4v) is 2.17. The Kier molecular flexibility index (Phi) is 3.38. The van der Waals surface area contributed by atoms with Gasteiger partial charge < -0.3 is 15.4 Å². The Balaban J connectivity index is 1.62. The molecular formula is C15H17N3O2. The first-order valence-corrected chi connectivity index (χ1v) is 6.64. The molecule has 0 radical (unpaired) electrons. The van der Waals surface area contributed by atoms with Gasteiger partial charge in [0.05, 0.1) is 11.1 Å². The summed E-state index contributed by atoms with van der Waals surface area (Å²) in [4.78, 5) is 16.1. The molecule has 104 valence electrons. The van der Waals surface area contributed by atoms with Crippen molar-refractivity contribution in [1.29, 1.82) is 0 Å². The third-order valence-corrected chi connectivity index (χ3v) is 3.44. The van der Waals surface area contributed by atoms with Crippen molar-refractivity contribution < 1.29 is 9.53 Å². The summed E-state index contributed by atoms with van der Waals surface area (Å²) in [6.07, 6.45) is 1.75. The van der Waals surface area contributed by atoms with Crippen LogP contribution in [-0.2, 0) is 9.53 Å². The number of fused-ring (bicyclic) bond motifs is 1. The zero-order chi connectivity index (χ0) is 14.0. The lowest BCUT2D eigenvalue weighted by atomic mass is 10.0. The average Bonchev–Trinajstić information content (AvgIpc) is 2.43. The minimum Gasteiger partial charge on any atom is -0.363 e. The lowest BCUT2D eigenvalue weighted by Crippen LogP contribution is -2.59. The van der Waals surface area contributed by atoms with E-state index in [1.165, 1.54) is 0 Å². The number of carbonyl (C=O) groups excluding carboxylic acids is 1. The second-order valence-electron chi connectivity index (χ2n) is 5.30. The van der Waals surface area contributed by atoms with E-state index in [2.05, 4.69) is 15.6 Å². The molecule has 0 aliphatic carbocycles. The van der Waals surface area contributed by atoms with Crippen LogP contribution in [0.25, 0.3) is 10.9 Å². The van der Waals surface area contributed by atoms with Crippen molar-refractivity contribution in [2.75, 3.05) is 25.0 Å². The number of rotatable bonds is 4. The lowest BCUT2D eigenvalue weighted by Gasteiger charge is -2.38. The van der Waals surface area contributed by atoms with Crippen molar-refractivity contribution in [3.05, 3.63) is 36.5 Å². The fourth-order valence-electron chi connectivity index (χ4n) is 2.17. The molecule has 1 saturated heterocycles. The second-order valence-corrected chi connectivity index (χ2v) is 5.30. The van der Waals surface area contributed by atoms with E-state index in [1.807, 2.05) is 37.3 Å². The Morgan fingerprint density at radius 3 is 3.05 bits per heavy atom. The maximum atomic E-state index is 11.9. The molecule has 2 N–H and O–H groups in total. The molecule has 1 aliphatic rings. The molecule has 0 spiro atoms. The number of hydrogen-bond acceptors (Lipinski definition) is 4. The van der Waals surface area contributed by atoms with Crippen LogP contribution < -0.4 is 10.6 Å². The van der Waals surface area contributed by atoms with Gasteiger partial charge in [0.15, 0.2) is 0 Å². The Labute approximate surface area is 117 Å². The predicted molar refractivity (Wildman–Crippen MR) is 77.6 cm³/mol. The van der Waals surface area contributed by atoms with Crippen molar-refractivity contribution >= 4 is 22.5 Å². The maximum absolute atomic E-state index is 11.9. The number of ether oxygens (including phenoxy) is 1. The first kappa shape index (κ1) is 13.0. The monoisotopic (exact) mass is 271 g/mol. The van der Waals surface area contributed by atoms with Gasteiger partial charge in [-0.25, -0.2) is 0 Å². The Bertz CT molecular complexity index is 638. The zero-order valence-electron chi connectivity index (χ0n) is 11.3. The van der Waals surface area contributed by atoms with Crippen LogP contribution in [0.5, 0.6) is 0 Å². The third kappa shape index (κ3) is 2.79. The highest BCUT2D eigenvalue weighted by Crippen LogP contribution is 2.18. The molecule has 5 heteroatoms. The highest BCUT2D eigenvalue weighted by Gasteiger charge is 2.32. The summed E-state index contributed by atoms with van der Waals surface area (Å²) in [6, 6.07) is 9.49. The van der Waals surface area contributed by atoms with Gasteiger partial charge >= 0.3 is 0 Å². The Morgan fingerprint density at radius 2 is 2.30 bits per heavy atom. The molecule has 0 unspecified atom stereocenters. The predicted octanol–water partition coefficient (Wildman–Crippen LogP) is 1.55. The fraction of sp³-hybridized carbons (Fsp3) is 0.333. The van der Waals surface area contributed by atoms with Crippen molar-refractivity contribution in [3.8, 4) is 0 Å². The SMILES string of the molecule is CC1(OCC(=O)Nc2ccc3ncccc3c2)CNC1. The van der Waals surface area contributed by atoms with E-state index in [-0.39, 0.29) is 18.1 Å². The topological polar surface area (TPSA) is 63.2 Å². The molecule has 5 nitrogen and oxygen atoms in total. The number of pyridine rings is 1. The van der Waals surface area contributed by atoms with Gasteiger partial charge in [0, 0.05) is 30.4 Å². The van der Waals surface area contributed by atoms with Gasteiger partial charge in [0.25, 0.3) is 0 Å². The number of anilines is 1. The molecule has 1 fully saturated rings. The summed E-state index contributed by atoms with van der Waals surface area (Å²) in [5.74, 6) is -0.138. The second kappa shape index (κ2) is 5.19. The smallest absolute Gasteiger partial charge is 0.250 e. The number of nitrogens with one attached hydrogen (secondary N) is 2. The van der Waals surface area contributed by atoms with Crippen LogP contribution in [0.1, 0.15) is 6.92 Å². The molecule has 0 bridgehead atoms. The summed E-state index contributed by atoms with van der Waals surface area (Å²) in [5.41, 5.74) is 1.47. The van der Waals surface area contributed by atoms with Crippen molar-refractivity contribution in [1.82, 2.24) is 10.3 Å². The number of nitrogens with zero attached hydrogens (tertiary/aromatic N) is 1. The molecule has 2 heterocycles. The minimum atomic E-state index is -0.204. The molecule has 1 aliphatic heterocycles. The number of carbonyl (C=O) groups is 1. The quantitative estimate of drug-likeness (QED) is 0.885. The third-order valence-electron chi connectivity index (χ3n) is 3.44. The maximum Gasteiger partial charge on any atom is 0.250 e. The number of hydrogen-bond donors (Lipinski definition) is 2. The van der Waals surface area contributed by atoms with Crippen molar-refractivity contribution in [3.63, 3.8) is 0 Å². The Morgan fingerprint density at radius 1 is 1.45 bits per heavy atom. The van der Waals surface area contributed by atoms with Crippen LogP contribution in [-0.4, -0.2) is 36.2 Å². The van der Waals surface area contributed by atoms with E-state index < -0.39 is 0 Å². The molecule has 1 aromatic carbocycles. The molecule has 1 aromatic heterocycles. The van der Waals surface area contributed by atoms with Gasteiger partial charge in [-0.15, -0.1) is 0 Å². The van der Waals surface area contributed by atoms with Gasteiger partial charge in [-0.1, -0.05) is 6.07 Å². The van der Waals surface area contributed by atoms with E-state index in [0.29, 0.717) is 0 Å². The molecule has 20 heavy (non-hydrogen) atoms. The molecule has 3 rings (SSSR count). The van der Waals surface area contributed by atoms with E-state index >= 15 is 0 Å². The van der Waals surface area contributed by atoms with E-state index in [4.69, 9.17) is 4.74 Å². The molecule has 2 aromatic rings. The summed E-state index contributed by atoms with van der Waals surface area (Å²) in [6.45, 7) is 3.66. The number of aromatic nitrogens is 1. The van der Waals surface area contributed by atoms with Crippen molar-refractivity contribution in [2.45, 2.75) is 12.5 Å². The van der Waals surface area contributed by atoms with Crippen LogP contribution in [0.4, 0.5) is 5.69 Å². The summed E-state index contributed by atoms with van der Waals surface area (Å²) >= 11 is 0. The van der Waals surface area contributed by atoms with Gasteiger partial charge in [0.1, 0.15) is 6.61 Å². The van der Waals surface area contributed by atoms with Crippen LogP contribution in [0, 0.1) is 0 Å². The number of benzene rings is 1. The summed E-state index contributed by atoms with van der Waals surface area (Å²) in [5, 5.41) is 6.98. The van der Waals surface area contributed by atoms with Gasteiger partial charge in [-0.3, -0.25) is 9.78 Å². The van der Waals surface area contributed by atoms with E-state index in [9.17, 15) is 4.79 Å². The molecule has 0 saturated carbocycles. The minimum absolute atomic E-state index is 0.0727. The molecule has 0 atom stereocenters. The largest absolute Gasteiger partial charge is 0.363 e. The number of amides is 1. The molecule has 1 amide bonds. The zero-order valence-corrected chi connectivity index (χ0v) is 11.3. The van der Waals surface area contributed by atoms with Crippen LogP contribution in [0.3, 0.4) is 0 Å². The van der Waals surface area contributed by atoms with Crippen LogP contribution >= 0.6 is 0 Å². The van der Waals surface area contributed by atoms with E-state index in [1.54, 1.807) is 6.20 Å². The standard InChI is InChI=1S/C15H17N3O2/c1-15(9-16-10-15)20-8-14(19)18-12-4-5-13-11(7-12)3-2-6-17-13/h2-7,16H,8-10H2,1H3,(H,18,19). The summed E-state index contributed by atoms with van der Waals surface area (Å²) in [7, 11) is 0. The first-order valence-electron chi connectivity index (χ1n) is 6.64. The highest BCUT2D eigenvalue weighted by atomic mass is 16.5. The molecular weight excluding hydrogens is 254 g/mol. The first-order chi connectivity index (χ1) is 9.65. The van der Waals surface area contributed by atoms with Gasteiger partial charge in [0.2, 0.25) is 5.91 Å². The van der Waals surface area contributed by atoms with E-state index in [0.717, 1.165) is 29.7 Å². The van der Waals surface area contributed by atoms with Crippen LogP contribution in [0.15, 0.2) is 36.5 Å². The lowest BCUT2D eigenvalue weighted by molar-refractivity contribution is -0.130. The van der Waals surface area contributed by atoms with Gasteiger partial charge in [-0.05, 0) is 31.2 Å². The van der Waals surface area contributed by atoms with Gasteiger partial charge in [-0.2, -0.15) is 0 Å². The average molecular weight is 271 g/mol. The van der Waals surface area contributed by atoms with Crippen LogP contribution in [0.2, 0.25) is 0 Å². The highest BCUT2D eigenvalue weighted by molar-refractivity contribution is 5.94. The van der Waals surface area contributed by atoms with Crippen molar-refractivity contribution in [2.24, 2.45) is 0 Å². The normalized spacial score (nSPS) is 16.6. The Hall–Kier alpha value is -1.98. The summed E-state index contributed by atoms with van der Waals surface area (Å²) < 4.78 is 5.60.